The molecule has 1 atom stereocenters. The van der Waals surface area contributed by atoms with Crippen LogP contribution in [-0.2, 0) is 37.9 Å². The second-order valence-corrected chi connectivity index (χ2v) is 24.9. The maximum absolute atomic E-state index is 5.37. The Morgan fingerprint density at radius 2 is 0.901 bits per heavy atom. The molecule has 0 heterocycles. The van der Waals surface area contributed by atoms with E-state index in [0.29, 0.717) is 33.8 Å². The summed E-state index contributed by atoms with van der Waals surface area (Å²) >= 11 is 39.5. The summed E-state index contributed by atoms with van der Waals surface area (Å²) in [7, 11) is 8.59. The highest BCUT2D eigenvalue weighted by Crippen LogP contribution is 2.27. The highest BCUT2D eigenvalue weighted by molar-refractivity contribution is 7.81. The normalized spacial score (nSPS) is 13.1. The predicted octanol–water partition coefficient (Wildman–Crippen LogP) is 4.22. The summed E-state index contributed by atoms with van der Waals surface area (Å²) in [4.78, 5) is 0. The van der Waals surface area contributed by atoms with Crippen molar-refractivity contribution >= 4 is 220 Å². The van der Waals surface area contributed by atoms with Gasteiger partial charge in [-0.1, -0.05) is 118 Å². The van der Waals surface area contributed by atoms with Gasteiger partial charge in [0.1, 0.15) is 0 Å². The molecule has 1 aromatic carbocycles. The van der Waals surface area contributed by atoms with Crippen molar-refractivity contribution < 1.29 is 37.9 Å². The summed E-state index contributed by atoms with van der Waals surface area (Å²) in [6.07, 6.45) is 20.4. The Bertz CT molecular complexity index is 1540. The van der Waals surface area contributed by atoms with E-state index >= 15 is 0 Å². The van der Waals surface area contributed by atoms with Gasteiger partial charge in [0.05, 0.1) is 132 Å². The van der Waals surface area contributed by atoms with Gasteiger partial charge >= 0.3 is 0 Å². The topological polar surface area (TPSA) is 73.8 Å². The van der Waals surface area contributed by atoms with E-state index in [1.165, 1.54) is 57.8 Å². The van der Waals surface area contributed by atoms with E-state index in [1.54, 1.807) is 6.92 Å². The monoisotopic (exact) mass is 1270 g/mol. The third kappa shape index (κ3) is 54.7. The van der Waals surface area contributed by atoms with Gasteiger partial charge in [-0.2, -0.15) is 0 Å². The van der Waals surface area contributed by atoms with Crippen molar-refractivity contribution in [2.75, 3.05) is 49.8 Å². The van der Waals surface area contributed by atoms with Crippen molar-refractivity contribution in [2.24, 2.45) is 29.1 Å². The summed E-state index contributed by atoms with van der Waals surface area (Å²) in [5, 5.41) is 6.05. The van der Waals surface area contributed by atoms with Crippen LogP contribution in [0.15, 0.2) is 30.3 Å². The Hall–Kier alpha value is 0.0751. The maximum Gasteiger partial charge on any atom is 0.190 e. The summed E-state index contributed by atoms with van der Waals surface area (Å²) in [6, 6.07) is 9.79. The second kappa shape index (κ2) is 56.3. The molecular weight excluding hydrogens is 1170 g/mol. The molecule has 3 rings (SSSR count). The van der Waals surface area contributed by atoms with Crippen LogP contribution in [0.25, 0.3) is 0 Å². The van der Waals surface area contributed by atoms with E-state index in [0.717, 1.165) is 180 Å². The molecule has 24 heteroatoms. The quantitative estimate of drug-likeness (QED) is 0.186. The first-order chi connectivity index (χ1) is 33.5. The Labute approximate surface area is 501 Å². The Balaban J connectivity index is -0.000000235. The minimum atomic E-state index is 0.0414. The third-order valence-electron chi connectivity index (χ3n) is 9.37. The molecule has 2 saturated carbocycles. The van der Waals surface area contributed by atoms with Crippen LogP contribution in [0.2, 0.25) is 0 Å². The Kier molecular flexibility index (Phi) is 63.4. The highest BCUT2D eigenvalue weighted by Gasteiger charge is 2.20. The molecule has 1 aromatic rings. The van der Waals surface area contributed by atoms with Crippen LogP contribution < -0.4 is 0 Å². The summed E-state index contributed by atoms with van der Waals surface area (Å²) in [5.41, 5.74) is 1.04. The minimum absolute atomic E-state index is 0.0414. The second-order valence-electron chi connectivity index (χ2n) is 16.9. The molecule has 0 N–H and O–H groups in total. The Morgan fingerprint density at radius 3 is 1.17 bits per heavy atom. The molecule has 0 amide bonds. The lowest BCUT2D eigenvalue weighted by atomic mass is 9.90. The molecule has 2 fully saturated rings. The minimum Gasteiger partial charge on any atom is -0.492 e. The largest absolute Gasteiger partial charge is 0.492 e. The zero-order chi connectivity index (χ0) is 55.6. The first kappa shape index (κ1) is 79.9. The standard InChI is InChI=1S/C8H16OSSi.C8H10OSSi.C7H14OSSi.2C6H14OSSi.C5H12OSSi.C4H10OSSi.C3H8OSSi/c2*10-8(9-6-11)7-4-2-1-3-5-7;9-7(8-5-10)6-3-1-2-4-6;1-6(2,3)5(8)7-4-9;1-3-5(2)6(8)7-4-9;1-4(2)5(7)6-3-8;1-2-4(6)5-3-7;1-3(5)4-2-6/h7H,1-6H2,11H3;1-5H,6H2,11H3;6H,1-5H2,10H3;4H2,1-3,9H3;5H,3-4H2,1-2,9H3;4H,3H2,1-2,8H3;2-3H2,1,7H3;2H2,1,6H3. The SMILES string of the molecule is CC(=S)OC[SiH3].CC(C)(C)C(=S)OC[SiH3].CC(C)C(=S)OC[SiH3].CCC(=S)OC[SiH3].CCC(C)C(=S)OC[SiH3].[SiH3]COC(=S)C1CCCC1.[SiH3]COC(=S)C1CCCCC1.[SiH3]COC(=S)c1ccccc1. The molecule has 0 radical (unpaired) electrons. The molecule has 0 bridgehead atoms. The van der Waals surface area contributed by atoms with E-state index in [9.17, 15) is 0 Å². The molecule has 0 aromatic heterocycles. The van der Waals surface area contributed by atoms with E-state index < -0.39 is 0 Å². The Morgan fingerprint density at radius 1 is 0.521 bits per heavy atom. The van der Waals surface area contributed by atoms with Crippen LogP contribution in [0, 0.1) is 29.1 Å². The average Bonchev–Trinajstić information content (AvgIpc) is 3.89. The van der Waals surface area contributed by atoms with Gasteiger partial charge in [-0.25, -0.2) is 0 Å². The molecule has 8 nitrogen and oxygen atoms in total. The van der Waals surface area contributed by atoms with Crippen molar-refractivity contribution in [3.63, 3.8) is 0 Å². The summed E-state index contributed by atoms with van der Waals surface area (Å²) in [5.74, 6) is 2.07. The van der Waals surface area contributed by atoms with Crippen molar-refractivity contribution in [2.45, 2.75) is 133 Å². The number of rotatable bonds is 15. The summed E-state index contributed by atoms with van der Waals surface area (Å²) in [6.45, 7) is 18.3. The average molecular weight is 1270 g/mol. The van der Waals surface area contributed by atoms with Crippen molar-refractivity contribution in [3.8, 4) is 0 Å². The van der Waals surface area contributed by atoms with Crippen LogP contribution in [0.4, 0.5) is 0 Å². The van der Waals surface area contributed by atoms with Crippen molar-refractivity contribution in [1.82, 2.24) is 0 Å². The zero-order valence-corrected chi connectivity index (χ0v) is 69.7. The summed E-state index contributed by atoms with van der Waals surface area (Å²) < 4.78 is 41.2. The van der Waals surface area contributed by atoms with Gasteiger partial charge in [-0.05, 0) is 130 Å². The van der Waals surface area contributed by atoms with E-state index in [1.807, 2.05) is 51.1 Å². The van der Waals surface area contributed by atoms with Gasteiger partial charge in [0, 0.05) is 48.0 Å². The van der Waals surface area contributed by atoms with Gasteiger partial charge in [-0.3, -0.25) is 0 Å². The maximum atomic E-state index is 5.37. The van der Waals surface area contributed by atoms with Crippen LogP contribution in [0.3, 0.4) is 0 Å². The predicted molar refractivity (Wildman–Crippen MR) is 372 cm³/mol. The molecule has 0 saturated heterocycles. The lowest BCUT2D eigenvalue weighted by molar-refractivity contribution is 0.322. The molecule has 0 spiro atoms. The first-order valence-corrected chi connectivity index (χ1v) is 40.4. The highest BCUT2D eigenvalue weighted by atomic mass is 32.1. The van der Waals surface area contributed by atoms with Crippen LogP contribution in [-0.4, -0.2) is 172 Å². The van der Waals surface area contributed by atoms with Gasteiger partial charge in [0.25, 0.3) is 0 Å². The lowest BCUT2D eigenvalue weighted by Crippen LogP contribution is -2.21. The fourth-order valence-corrected chi connectivity index (χ4v) is 11.4. The van der Waals surface area contributed by atoms with E-state index in [2.05, 4.69) is 46.8 Å². The van der Waals surface area contributed by atoms with Gasteiger partial charge in [0.15, 0.2) is 40.4 Å². The van der Waals surface area contributed by atoms with Crippen LogP contribution >= 0.6 is 97.7 Å². The van der Waals surface area contributed by atoms with Crippen LogP contribution in [0.1, 0.15) is 139 Å². The molecular formula is C47H98O8S8Si8. The number of ether oxygens (including phenoxy) is 8. The van der Waals surface area contributed by atoms with Gasteiger partial charge < -0.3 is 37.9 Å². The van der Waals surface area contributed by atoms with Crippen molar-refractivity contribution in [3.05, 3.63) is 35.9 Å². The fraction of sp³-hybridized carbons (Fsp3) is 0.702. The number of hydrogen-bond acceptors (Lipinski definition) is 16. The fourth-order valence-electron chi connectivity index (χ4n) is 5.38. The smallest absolute Gasteiger partial charge is 0.190 e. The zero-order valence-electron chi connectivity index (χ0n) is 47.2. The molecule has 414 valence electrons. The van der Waals surface area contributed by atoms with Gasteiger partial charge in [-0.15, -0.1) is 0 Å². The molecule has 2 aliphatic carbocycles. The van der Waals surface area contributed by atoms with Gasteiger partial charge in [0.2, 0.25) is 0 Å². The number of thiocarbonyl (C=S) groups is 8. The number of hydrogen-bond donors (Lipinski definition) is 0. The first-order valence-electron chi connectivity index (χ1n) is 25.8. The van der Waals surface area contributed by atoms with E-state index in [4.69, 9.17) is 123 Å². The lowest BCUT2D eigenvalue weighted by Gasteiger charge is -2.21. The molecule has 2 aliphatic rings. The number of benzene rings is 1. The third-order valence-corrected chi connectivity index (χ3v) is 15.3. The van der Waals surface area contributed by atoms with E-state index in [-0.39, 0.29) is 5.41 Å². The molecule has 1 unspecified atom stereocenters. The molecule has 71 heavy (non-hydrogen) atoms. The molecule has 0 aliphatic heterocycles. The van der Waals surface area contributed by atoms with Crippen molar-refractivity contribution in [1.29, 1.82) is 0 Å². The van der Waals surface area contributed by atoms with Crippen LogP contribution in [0.5, 0.6) is 0 Å².